The second-order valence-corrected chi connectivity index (χ2v) is 10.3. The van der Waals surface area contributed by atoms with Gasteiger partial charge in [0.15, 0.2) is 11.0 Å². The normalized spacial score (nSPS) is 14.4. The highest BCUT2D eigenvalue weighted by Crippen LogP contribution is 2.29. The van der Waals surface area contributed by atoms with Crippen LogP contribution in [0.1, 0.15) is 31.7 Å². The van der Waals surface area contributed by atoms with Crippen molar-refractivity contribution in [2.75, 3.05) is 23.3 Å². The SMILES string of the molecule is C[C@@H](Sc1nnc(-c2ccncc2)n1Cc1ccccc1)C(=O)Nc1ccc(N2CCCCC2)cc1. The van der Waals surface area contributed by atoms with Gasteiger partial charge in [-0.1, -0.05) is 42.1 Å². The van der Waals surface area contributed by atoms with Crippen LogP contribution in [0.15, 0.2) is 84.3 Å². The van der Waals surface area contributed by atoms with E-state index in [-0.39, 0.29) is 11.2 Å². The molecule has 3 heterocycles. The fourth-order valence-corrected chi connectivity index (χ4v) is 5.21. The monoisotopic (exact) mass is 498 g/mol. The van der Waals surface area contributed by atoms with Gasteiger partial charge in [-0.25, -0.2) is 0 Å². The zero-order valence-corrected chi connectivity index (χ0v) is 21.2. The highest BCUT2D eigenvalue weighted by atomic mass is 32.2. The summed E-state index contributed by atoms with van der Waals surface area (Å²) in [5.41, 5.74) is 4.09. The minimum Gasteiger partial charge on any atom is -0.372 e. The maximum atomic E-state index is 13.0. The zero-order valence-electron chi connectivity index (χ0n) is 20.4. The van der Waals surface area contributed by atoms with Crippen LogP contribution in [-0.2, 0) is 11.3 Å². The first-order valence-electron chi connectivity index (χ1n) is 12.4. The molecule has 0 unspecified atom stereocenters. The lowest BCUT2D eigenvalue weighted by molar-refractivity contribution is -0.115. The Morgan fingerprint density at radius 2 is 1.67 bits per heavy atom. The number of hydrogen-bond acceptors (Lipinski definition) is 6. The second-order valence-electron chi connectivity index (χ2n) is 8.96. The molecule has 184 valence electrons. The molecule has 1 atom stereocenters. The third-order valence-electron chi connectivity index (χ3n) is 6.35. The Morgan fingerprint density at radius 3 is 2.39 bits per heavy atom. The molecule has 2 aromatic carbocycles. The molecule has 1 aliphatic heterocycles. The topological polar surface area (TPSA) is 75.9 Å². The molecule has 1 amide bonds. The number of amides is 1. The van der Waals surface area contributed by atoms with E-state index in [2.05, 4.69) is 54.2 Å². The molecule has 0 saturated carbocycles. The average molecular weight is 499 g/mol. The Labute approximate surface area is 216 Å². The van der Waals surface area contributed by atoms with Crippen LogP contribution in [0.25, 0.3) is 11.4 Å². The summed E-state index contributed by atoms with van der Waals surface area (Å²) >= 11 is 1.41. The number of pyridine rings is 1. The Hall–Kier alpha value is -3.65. The number of nitrogens with one attached hydrogen (secondary N) is 1. The molecule has 1 fully saturated rings. The number of aromatic nitrogens is 4. The van der Waals surface area contributed by atoms with E-state index in [0.29, 0.717) is 11.7 Å². The predicted octanol–water partition coefficient (Wildman–Crippen LogP) is 5.50. The van der Waals surface area contributed by atoms with Crippen molar-refractivity contribution >= 4 is 29.0 Å². The molecule has 1 saturated heterocycles. The van der Waals surface area contributed by atoms with Gasteiger partial charge in [-0.05, 0) is 68.1 Å². The largest absolute Gasteiger partial charge is 0.372 e. The molecule has 1 N–H and O–H groups in total. The maximum absolute atomic E-state index is 13.0. The molecule has 0 aliphatic carbocycles. The van der Waals surface area contributed by atoms with E-state index in [0.717, 1.165) is 35.7 Å². The number of hydrogen-bond donors (Lipinski definition) is 1. The van der Waals surface area contributed by atoms with Crippen LogP contribution in [0.3, 0.4) is 0 Å². The highest BCUT2D eigenvalue weighted by Gasteiger charge is 2.21. The predicted molar refractivity (Wildman–Crippen MR) is 145 cm³/mol. The van der Waals surface area contributed by atoms with E-state index in [4.69, 9.17) is 0 Å². The molecule has 5 rings (SSSR count). The molecular weight excluding hydrogens is 468 g/mol. The lowest BCUT2D eigenvalue weighted by Gasteiger charge is -2.28. The van der Waals surface area contributed by atoms with Gasteiger partial charge in [-0.3, -0.25) is 14.3 Å². The summed E-state index contributed by atoms with van der Waals surface area (Å²) in [5.74, 6) is 0.690. The van der Waals surface area contributed by atoms with Gasteiger partial charge in [0.1, 0.15) is 0 Å². The maximum Gasteiger partial charge on any atom is 0.237 e. The van der Waals surface area contributed by atoms with Crippen molar-refractivity contribution in [3.8, 4) is 11.4 Å². The molecule has 7 nitrogen and oxygen atoms in total. The van der Waals surface area contributed by atoms with E-state index < -0.39 is 0 Å². The zero-order chi connectivity index (χ0) is 24.7. The number of carbonyl (C=O) groups excluding carboxylic acids is 1. The summed E-state index contributed by atoms with van der Waals surface area (Å²) < 4.78 is 2.06. The second kappa shape index (κ2) is 11.4. The van der Waals surface area contributed by atoms with Crippen molar-refractivity contribution in [2.45, 2.75) is 43.1 Å². The Morgan fingerprint density at radius 1 is 0.944 bits per heavy atom. The first-order valence-corrected chi connectivity index (χ1v) is 13.3. The molecule has 0 radical (unpaired) electrons. The van der Waals surface area contributed by atoms with Crippen LogP contribution < -0.4 is 10.2 Å². The number of anilines is 2. The fourth-order valence-electron chi connectivity index (χ4n) is 4.36. The molecule has 8 heteroatoms. The minimum absolute atomic E-state index is 0.0644. The van der Waals surface area contributed by atoms with Gasteiger partial charge in [0.05, 0.1) is 11.8 Å². The smallest absolute Gasteiger partial charge is 0.237 e. The van der Waals surface area contributed by atoms with Gasteiger partial charge >= 0.3 is 0 Å². The van der Waals surface area contributed by atoms with Crippen LogP contribution in [0, 0.1) is 0 Å². The molecule has 0 spiro atoms. The molecule has 4 aromatic rings. The van der Waals surface area contributed by atoms with Gasteiger partial charge in [-0.15, -0.1) is 10.2 Å². The van der Waals surface area contributed by atoms with Gasteiger partial charge in [0.25, 0.3) is 0 Å². The Bertz CT molecular complexity index is 1270. The van der Waals surface area contributed by atoms with Crippen molar-refractivity contribution in [1.29, 1.82) is 0 Å². The minimum atomic E-state index is -0.351. The highest BCUT2D eigenvalue weighted by molar-refractivity contribution is 8.00. The van der Waals surface area contributed by atoms with Crippen molar-refractivity contribution in [3.05, 3.63) is 84.7 Å². The molecule has 0 bridgehead atoms. The average Bonchev–Trinajstić information content (AvgIpc) is 3.32. The molecular formula is C28H30N6OS. The van der Waals surface area contributed by atoms with Crippen molar-refractivity contribution in [3.63, 3.8) is 0 Å². The number of nitrogens with zero attached hydrogens (tertiary/aromatic N) is 5. The van der Waals surface area contributed by atoms with Crippen LogP contribution in [0.5, 0.6) is 0 Å². The van der Waals surface area contributed by atoms with Crippen molar-refractivity contribution in [1.82, 2.24) is 19.7 Å². The quantitative estimate of drug-likeness (QED) is 0.324. The van der Waals surface area contributed by atoms with E-state index in [1.165, 1.54) is 36.7 Å². The number of carbonyl (C=O) groups is 1. The van der Waals surface area contributed by atoms with Crippen LogP contribution in [-0.4, -0.2) is 44.0 Å². The number of benzene rings is 2. The van der Waals surface area contributed by atoms with Gasteiger partial charge in [0.2, 0.25) is 5.91 Å². The van der Waals surface area contributed by atoms with Gasteiger partial charge in [0, 0.05) is 42.4 Å². The third-order valence-corrected chi connectivity index (χ3v) is 7.43. The summed E-state index contributed by atoms with van der Waals surface area (Å²) in [5, 5.41) is 12.3. The number of rotatable bonds is 8. The molecule has 36 heavy (non-hydrogen) atoms. The number of thioether (sulfide) groups is 1. The third kappa shape index (κ3) is 5.76. The van der Waals surface area contributed by atoms with Crippen LogP contribution >= 0.6 is 11.8 Å². The van der Waals surface area contributed by atoms with Crippen molar-refractivity contribution in [2.24, 2.45) is 0 Å². The summed E-state index contributed by atoms with van der Waals surface area (Å²) in [6, 6.07) is 22.2. The Kier molecular flexibility index (Phi) is 7.61. The fraction of sp³-hybridized carbons (Fsp3) is 0.286. The first-order chi connectivity index (χ1) is 17.7. The summed E-state index contributed by atoms with van der Waals surface area (Å²) in [6.45, 7) is 4.71. The summed E-state index contributed by atoms with van der Waals surface area (Å²) in [6.07, 6.45) is 7.28. The Balaban J connectivity index is 1.29. The van der Waals surface area contributed by atoms with E-state index in [1.54, 1.807) is 12.4 Å². The molecule has 1 aliphatic rings. The molecule has 2 aromatic heterocycles. The van der Waals surface area contributed by atoms with Crippen molar-refractivity contribution < 1.29 is 4.79 Å². The lowest BCUT2D eigenvalue weighted by Crippen LogP contribution is -2.29. The summed E-state index contributed by atoms with van der Waals surface area (Å²) in [7, 11) is 0. The van der Waals surface area contributed by atoms with Crippen LogP contribution in [0.4, 0.5) is 11.4 Å². The van der Waals surface area contributed by atoms with Crippen LogP contribution in [0.2, 0.25) is 0 Å². The van der Waals surface area contributed by atoms with Gasteiger partial charge in [-0.2, -0.15) is 0 Å². The number of piperidine rings is 1. The van der Waals surface area contributed by atoms with Gasteiger partial charge < -0.3 is 10.2 Å². The first kappa shape index (κ1) is 24.1. The summed E-state index contributed by atoms with van der Waals surface area (Å²) in [4.78, 5) is 19.6. The van der Waals surface area contributed by atoms with E-state index in [1.807, 2.05) is 49.4 Å². The van der Waals surface area contributed by atoms with E-state index >= 15 is 0 Å². The standard InChI is InChI=1S/C28H30N6OS/c1-21(27(35)30-24-10-12-25(13-11-24)33-18-6-3-7-19-33)36-28-32-31-26(23-14-16-29-17-15-23)34(28)20-22-8-4-2-5-9-22/h2,4-5,8-17,21H,3,6-7,18-20H2,1H3,(H,30,35)/t21-/m1/s1. The van der Waals surface area contributed by atoms with E-state index in [9.17, 15) is 4.79 Å². The lowest BCUT2D eigenvalue weighted by atomic mass is 10.1.